The van der Waals surface area contributed by atoms with Crippen LogP contribution in [-0.4, -0.2) is 20.5 Å². The monoisotopic (exact) mass is 328 g/mol. The van der Waals surface area contributed by atoms with Gasteiger partial charge in [-0.3, -0.25) is 0 Å². The molecule has 1 aromatic rings. The van der Waals surface area contributed by atoms with Crippen molar-refractivity contribution in [3.05, 3.63) is 47.5 Å². The second kappa shape index (κ2) is 8.35. The fourth-order valence-corrected chi connectivity index (χ4v) is 4.24. The summed E-state index contributed by atoms with van der Waals surface area (Å²) >= 11 is 5.82. The first kappa shape index (κ1) is 17.9. The number of sulfone groups is 1. The number of benzene rings is 1. The quantitative estimate of drug-likeness (QED) is 0.509. The van der Waals surface area contributed by atoms with Gasteiger partial charge in [-0.1, -0.05) is 49.6 Å². The topological polar surface area (TPSA) is 51.2 Å². The van der Waals surface area contributed by atoms with Gasteiger partial charge >= 0.3 is 0 Å². The first-order valence-corrected chi connectivity index (χ1v) is 9.08. The van der Waals surface area contributed by atoms with Crippen LogP contribution >= 0.6 is 11.6 Å². The Morgan fingerprint density at radius 1 is 1.29 bits per heavy atom. The van der Waals surface area contributed by atoms with Crippen molar-refractivity contribution in [3.8, 4) is 0 Å². The van der Waals surface area contributed by atoms with E-state index in [0.717, 1.165) is 19.1 Å². The summed E-state index contributed by atoms with van der Waals surface area (Å²) in [5.41, 5.74) is 0.620. The van der Waals surface area contributed by atoms with Gasteiger partial charge in [-0.2, -0.15) is 0 Å². The molecule has 0 aliphatic carbocycles. The van der Waals surface area contributed by atoms with Crippen molar-refractivity contribution in [2.24, 2.45) is 5.92 Å². The van der Waals surface area contributed by atoms with Gasteiger partial charge in [0.25, 0.3) is 0 Å². The van der Waals surface area contributed by atoms with Crippen LogP contribution in [0.15, 0.2) is 36.9 Å². The Morgan fingerprint density at radius 3 is 2.38 bits per heavy atom. The highest BCUT2D eigenvalue weighted by atomic mass is 35.5. The molecule has 116 valence electrons. The largest absolute Gasteiger partial charge is 0.303 e. The van der Waals surface area contributed by atoms with E-state index in [0.29, 0.717) is 17.0 Å². The van der Waals surface area contributed by atoms with Crippen molar-refractivity contribution in [2.75, 3.05) is 5.75 Å². The van der Waals surface area contributed by atoms with Crippen molar-refractivity contribution < 1.29 is 13.2 Å². The number of aldehydes is 1. The molecule has 0 N–H and O–H groups in total. The number of unbranched alkanes of at least 4 members (excludes halogenated alkanes) is 1. The lowest BCUT2D eigenvalue weighted by molar-refractivity contribution is -0.110. The molecule has 0 aliphatic heterocycles. The molecule has 0 bridgehead atoms. The highest BCUT2D eigenvalue weighted by molar-refractivity contribution is 7.91. The van der Waals surface area contributed by atoms with Crippen molar-refractivity contribution in [1.82, 2.24) is 0 Å². The van der Waals surface area contributed by atoms with Gasteiger partial charge in [-0.05, 0) is 24.1 Å². The van der Waals surface area contributed by atoms with Crippen LogP contribution in [0.4, 0.5) is 0 Å². The van der Waals surface area contributed by atoms with E-state index in [1.54, 1.807) is 24.3 Å². The molecule has 2 unspecified atom stereocenters. The van der Waals surface area contributed by atoms with Gasteiger partial charge in [0.1, 0.15) is 11.5 Å². The van der Waals surface area contributed by atoms with Crippen molar-refractivity contribution in [3.63, 3.8) is 0 Å². The molecule has 0 spiro atoms. The molecule has 0 aromatic heterocycles. The van der Waals surface area contributed by atoms with E-state index < -0.39 is 21.0 Å². The van der Waals surface area contributed by atoms with Gasteiger partial charge in [0, 0.05) is 10.9 Å². The Hall–Kier alpha value is -1.13. The van der Waals surface area contributed by atoms with Crippen LogP contribution in [-0.2, 0) is 14.6 Å². The summed E-state index contributed by atoms with van der Waals surface area (Å²) in [5, 5.41) is -0.258. The van der Waals surface area contributed by atoms with E-state index in [4.69, 9.17) is 11.6 Å². The first-order valence-electron chi connectivity index (χ1n) is 6.99. The number of carbonyl (C=O) groups excluding carboxylic acids is 1. The van der Waals surface area contributed by atoms with Gasteiger partial charge in [-0.15, -0.1) is 6.58 Å². The number of hydrogen-bond donors (Lipinski definition) is 0. The maximum absolute atomic E-state index is 12.5. The number of rotatable bonds is 9. The predicted octanol–water partition coefficient (Wildman–Crippen LogP) is 3.99. The Kier molecular flexibility index (Phi) is 7.12. The lowest BCUT2D eigenvalue weighted by Crippen LogP contribution is -2.22. The molecule has 5 heteroatoms. The Labute approximate surface area is 131 Å². The minimum absolute atomic E-state index is 0.143. The summed E-state index contributed by atoms with van der Waals surface area (Å²) in [6.45, 7) is 5.63. The van der Waals surface area contributed by atoms with E-state index in [1.807, 2.05) is 6.92 Å². The van der Waals surface area contributed by atoms with Crippen LogP contribution in [0.2, 0.25) is 5.02 Å². The molecular formula is C16H21ClO3S. The maximum atomic E-state index is 12.5. The van der Waals surface area contributed by atoms with E-state index in [9.17, 15) is 13.2 Å². The molecule has 0 fully saturated rings. The van der Waals surface area contributed by atoms with E-state index in [-0.39, 0.29) is 5.75 Å². The fraction of sp³-hybridized carbons (Fsp3) is 0.438. The zero-order valence-electron chi connectivity index (χ0n) is 12.2. The predicted molar refractivity (Wildman–Crippen MR) is 87.3 cm³/mol. The summed E-state index contributed by atoms with van der Waals surface area (Å²) in [6, 6.07) is 6.65. The molecule has 0 amide bonds. The van der Waals surface area contributed by atoms with Crippen molar-refractivity contribution in [2.45, 2.75) is 31.4 Å². The third-order valence-electron chi connectivity index (χ3n) is 3.37. The van der Waals surface area contributed by atoms with Crippen LogP contribution in [0.3, 0.4) is 0 Å². The Bertz CT molecular complexity index is 564. The molecule has 0 heterocycles. The second-order valence-corrected chi connectivity index (χ2v) is 7.68. The smallest absolute Gasteiger partial charge is 0.161 e. The van der Waals surface area contributed by atoms with Crippen molar-refractivity contribution in [1.29, 1.82) is 0 Å². The normalized spacial score (nSPS) is 14.4. The summed E-state index contributed by atoms with van der Waals surface area (Å²) in [5.74, 6) is -0.597. The zero-order valence-corrected chi connectivity index (χ0v) is 13.7. The van der Waals surface area contributed by atoms with Gasteiger partial charge in [0.05, 0.1) is 5.75 Å². The minimum atomic E-state index is -3.47. The average Bonchev–Trinajstić information content (AvgIpc) is 2.45. The molecule has 0 radical (unpaired) electrons. The van der Waals surface area contributed by atoms with E-state index in [1.165, 1.54) is 6.08 Å². The first-order chi connectivity index (χ1) is 9.94. The van der Waals surface area contributed by atoms with Gasteiger partial charge in [-0.25, -0.2) is 8.42 Å². The summed E-state index contributed by atoms with van der Waals surface area (Å²) in [6.07, 6.45) is 4.53. The highest BCUT2D eigenvalue weighted by Gasteiger charge is 2.27. The Balaban J connectivity index is 2.94. The van der Waals surface area contributed by atoms with E-state index in [2.05, 4.69) is 6.58 Å². The molecule has 1 rings (SSSR count). The van der Waals surface area contributed by atoms with Crippen LogP contribution in [0.1, 0.15) is 37.0 Å². The summed E-state index contributed by atoms with van der Waals surface area (Å²) in [7, 11) is -3.47. The number of carbonyl (C=O) groups is 1. The van der Waals surface area contributed by atoms with Gasteiger partial charge in [0.15, 0.2) is 9.84 Å². The van der Waals surface area contributed by atoms with Gasteiger partial charge in [0.2, 0.25) is 0 Å². The van der Waals surface area contributed by atoms with Crippen LogP contribution in [0.5, 0.6) is 0 Å². The maximum Gasteiger partial charge on any atom is 0.161 e. The third-order valence-corrected chi connectivity index (χ3v) is 5.75. The Morgan fingerprint density at radius 2 is 1.90 bits per heavy atom. The van der Waals surface area contributed by atoms with Crippen LogP contribution in [0.25, 0.3) is 0 Å². The molecule has 0 aliphatic rings. The third kappa shape index (κ3) is 5.29. The molecule has 0 saturated carbocycles. The number of halogens is 1. The standard InChI is InChI=1S/C16H21ClO3S/c1-3-5-6-13(11-18)12-21(19,20)16(4-2)14-7-9-15(17)10-8-14/h4,7-11,13,16H,2-3,5-6,12H2,1H3. The average molecular weight is 329 g/mol. The number of hydrogen-bond acceptors (Lipinski definition) is 3. The summed E-state index contributed by atoms with van der Waals surface area (Å²) < 4.78 is 25.0. The molecule has 0 saturated heterocycles. The molecule has 3 nitrogen and oxygen atoms in total. The van der Waals surface area contributed by atoms with Crippen molar-refractivity contribution >= 4 is 27.7 Å². The highest BCUT2D eigenvalue weighted by Crippen LogP contribution is 2.27. The fourth-order valence-electron chi connectivity index (χ4n) is 2.20. The van der Waals surface area contributed by atoms with Crippen LogP contribution < -0.4 is 0 Å². The lowest BCUT2D eigenvalue weighted by atomic mass is 10.1. The lowest BCUT2D eigenvalue weighted by Gasteiger charge is -2.17. The molecule has 21 heavy (non-hydrogen) atoms. The van der Waals surface area contributed by atoms with Crippen LogP contribution in [0, 0.1) is 5.92 Å². The molecule has 2 atom stereocenters. The van der Waals surface area contributed by atoms with Gasteiger partial charge < -0.3 is 4.79 Å². The second-order valence-electron chi connectivity index (χ2n) is 5.08. The summed E-state index contributed by atoms with van der Waals surface area (Å²) in [4.78, 5) is 11.1. The zero-order chi connectivity index (χ0) is 15.9. The molecule has 1 aromatic carbocycles. The SMILES string of the molecule is C=CC(c1ccc(Cl)cc1)S(=O)(=O)CC(C=O)CCCC. The van der Waals surface area contributed by atoms with E-state index >= 15 is 0 Å². The minimum Gasteiger partial charge on any atom is -0.303 e. The molecular weight excluding hydrogens is 308 g/mol.